The molecule has 0 aliphatic carbocycles. The standard InChI is InChI=1S/C22H25NO5/c1-14(2)26-12-6-11-23-19(24)13-27-22(25)20-15(3)17-10-9-16-7-4-5-8-18(16)21(17)28-20/h4-5,7-10,14H,6,11-13H2,1-3H3,(H,23,24). The van der Waals surface area contributed by atoms with E-state index in [1.54, 1.807) is 0 Å². The van der Waals surface area contributed by atoms with Gasteiger partial charge in [-0.1, -0.05) is 36.4 Å². The van der Waals surface area contributed by atoms with Crippen LogP contribution in [0.25, 0.3) is 21.7 Å². The van der Waals surface area contributed by atoms with Crippen LogP contribution in [0.5, 0.6) is 0 Å². The van der Waals surface area contributed by atoms with Crippen molar-refractivity contribution in [3.8, 4) is 0 Å². The summed E-state index contributed by atoms with van der Waals surface area (Å²) in [6.45, 7) is 6.43. The molecule has 3 rings (SSSR count). The zero-order valence-corrected chi connectivity index (χ0v) is 16.4. The van der Waals surface area contributed by atoms with Crippen molar-refractivity contribution in [1.82, 2.24) is 5.32 Å². The summed E-state index contributed by atoms with van der Waals surface area (Å²) >= 11 is 0. The molecule has 0 fully saturated rings. The fraction of sp³-hybridized carbons (Fsp3) is 0.364. The Balaban J connectivity index is 1.60. The van der Waals surface area contributed by atoms with Crippen LogP contribution in [-0.4, -0.2) is 37.7 Å². The molecule has 3 aromatic rings. The summed E-state index contributed by atoms with van der Waals surface area (Å²) in [5, 5.41) is 5.53. The van der Waals surface area contributed by atoms with Crippen molar-refractivity contribution in [3.05, 3.63) is 47.7 Å². The Morgan fingerprint density at radius 3 is 2.68 bits per heavy atom. The van der Waals surface area contributed by atoms with Gasteiger partial charge in [0.05, 0.1) is 6.10 Å². The third-order valence-corrected chi connectivity index (χ3v) is 4.44. The molecule has 0 aliphatic heterocycles. The zero-order chi connectivity index (χ0) is 20.1. The van der Waals surface area contributed by atoms with E-state index in [4.69, 9.17) is 13.9 Å². The number of rotatable bonds is 8. The number of hydrogen-bond acceptors (Lipinski definition) is 5. The molecule has 148 valence electrons. The van der Waals surface area contributed by atoms with Gasteiger partial charge in [-0.3, -0.25) is 4.79 Å². The summed E-state index contributed by atoms with van der Waals surface area (Å²) in [5.74, 6) is -0.863. The topological polar surface area (TPSA) is 77.8 Å². The maximum Gasteiger partial charge on any atom is 0.375 e. The number of furan rings is 1. The minimum Gasteiger partial charge on any atom is -0.450 e. The average molecular weight is 383 g/mol. The van der Waals surface area contributed by atoms with Crippen LogP contribution in [0.3, 0.4) is 0 Å². The molecular weight excluding hydrogens is 358 g/mol. The zero-order valence-electron chi connectivity index (χ0n) is 16.4. The van der Waals surface area contributed by atoms with Crippen LogP contribution >= 0.6 is 0 Å². The molecule has 0 aliphatic rings. The van der Waals surface area contributed by atoms with E-state index in [-0.39, 0.29) is 24.4 Å². The fourth-order valence-electron chi connectivity index (χ4n) is 3.01. The first-order valence-electron chi connectivity index (χ1n) is 9.43. The van der Waals surface area contributed by atoms with Crippen molar-refractivity contribution in [2.24, 2.45) is 0 Å². The SMILES string of the molecule is Cc1c(C(=O)OCC(=O)NCCCOC(C)C)oc2c1ccc1ccccc12. The molecule has 2 aromatic carbocycles. The number of ether oxygens (including phenoxy) is 2. The smallest absolute Gasteiger partial charge is 0.375 e. The maximum atomic E-state index is 12.4. The van der Waals surface area contributed by atoms with Crippen molar-refractivity contribution in [2.75, 3.05) is 19.8 Å². The first-order chi connectivity index (χ1) is 13.5. The second-order valence-electron chi connectivity index (χ2n) is 6.92. The van der Waals surface area contributed by atoms with Crippen molar-refractivity contribution in [3.63, 3.8) is 0 Å². The first-order valence-corrected chi connectivity index (χ1v) is 9.43. The van der Waals surface area contributed by atoms with Crippen LogP contribution in [0.15, 0.2) is 40.8 Å². The van der Waals surface area contributed by atoms with E-state index in [1.807, 2.05) is 57.2 Å². The van der Waals surface area contributed by atoms with Gasteiger partial charge in [0, 0.05) is 29.5 Å². The van der Waals surface area contributed by atoms with Gasteiger partial charge >= 0.3 is 5.97 Å². The number of nitrogens with one attached hydrogen (secondary N) is 1. The number of fused-ring (bicyclic) bond motifs is 3. The van der Waals surface area contributed by atoms with Gasteiger partial charge in [0.15, 0.2) is 6.61 Å². The van der Waals surface area contributed by atoms with Crippen LogP contribution in [-0.2, 0) is 14.3 Å². The van der Waals surface area contributed by atoms with Gasteiger partial charge in [-0.15, -0.1) is 0 Å². The van der Waals surface area contributed by atoms with Gasteiger partial charge in [-0.2, -0.15) is 0 Å². The lowest BCUT2D eigenvalue weighted by Gasteiger charge is -2.08. The molecule has 1 amide bonds. The predicted octanol–water partition coefficient (Wildman–Crippen LogP) is 3.98. The van der Waals surface area contributed by atoms with Gasteiger partial charge in [0.1, 0.15) is 5.58 Å². The number of carbonyl (C=O) groups is 2. The molecule has 0 atom stereocenters. The van der Waals surface area contributed by atoms with E-state index in [0.29, 0.717) is 30.7 Å². The highest BCUT2D eigenvalue weighted by molar-refractivity contribution is 6.08. The van der Waals surface area contributed by atoms with Crippen molar-refractivity contribution < 1.29 is 23.5 Å². The molecule has 1 aromatic heterocycles. The molecule has 1 heterocycles. The Hall–Kier alpha value is -2.86. The van der Waals surface area contributed by atoms with Crippen LogP contribution < -0.4 is 5.32 Å². The molecule has 0 unspecified atom stereocenters. The highest BCUT2D eigenvalue weighted by Gasteiger charge is 2.21. The quantitative estimate of drug-likeness (QED) is 0.470. The van der Waals surface area contributed by atoms with Crippen LogP contribution in [0.4, 0.5) is 0 Å². The Labute approximate surface area is 163 Å². The minimum atomic E-state index is -0.643. The van der Waals surface area contributed by atoms with Crippen LogP contribution in [0, 0.1) is 6.92 Å². The first kappa shape index (κ1) is 19.9. The number of benzene rings is 2. The van der Waals surface area contributed by atoms with Gasteiger partial charge in [0.2, 0.25) is 5.76 Å². The Morgan fingerprint density at radius 2 is 1.89 bits per heavy atom. The van der Waals surface area contributed by atoms with Crippen molar-refractivity contribution in [1.29, 1.82) is 0 Å². The summed E-state index contributed by atoms with van der Waals surface area (Å²) < 4.78 is 16.4. The summed E-state index contributed by atoms with van der Waals surface area (Å²) in [7, 11) is 0. The summed E-state index contributed by atoms with van der Waals surface area (Å²) in [4.78, 5) is 24.3. The van der Waals surface area contributed by atoms with E-state index in [0.717, 1.165) is 16.2 Å². The summed E-state index contributed by atoms with van der Waals surface area (Å²) in [6, 6.07) is 11.7. The Kier molecular flexibility index (Phi) is 6.31. The third kappa shape index (κ3) is 4.51. The summed E-state index contributed by atoms with van der Waals surface area (Å²) in [6.07, 6.45) is 0.869. The number of esters is 1. The molecule has 0 saturated carbocycles. The van der Waals surface area contributed by atoms with Crippen LogP contribution in [0.2, 0.25) is 0 Å². The van der Waals surface area contributed by atoms with E-state index in [9.17, 15) is 9.59 Å². The van der Waals surface area contributed by atoms with Gasteiger partial charge < -0.3 is 19.2 Å². The highest BCUT2D eigenvalue weighted by atomic mass is 16.5. The lowest BCUT2D eigenvalue weighted by atomic mass is 10.1. The van der Waals surface area contributed by atoms with Crippen molar-refractivity contribution in [2.45, 2.75) is 33.3 Å². The summed E-state index contributed by atoms with van der Waals surface area (Å²) in [5.41, 5.74) is 1.36. The number of carbonyl (C=O) groups excluding carboxylic acids is 2. The van der Waals surface area contributed by atoms with Gasteiger partial charge in [0.25, 0.3) is 5.91 Å². The monoisotopic (exact) mass is 383 g/mol. The van der Waals surface area contributed by atoms with Gasteiger partial charge in [-0.05, 0) is 32.6 Å². The molecule has 0 saturated heterocycles. The molecule has 0 radical (unpaired) electrons. The molecule has 1 N–H and O–H groups in total. The van der Waals surface area contributed by atoms with E-state index in [2.05, 4.69) is 5.32 Å². The number of hydrogen-bond donors (Lipinski definition) is 1. The molecule has 0 bridgehead atoms. The average Bonchev–Trinajstić information content (AvgIpc) is 3.03. The van der Waals surface area contributed by atoms with Gasteiger partial charge in [-0.25, -0.2) is 4.79 Å². The molecular formula is C22H25NO5. The largest absolute Gasteiger partial charge is 0.450 e. The minimum absolute atomic E-state index is 0.129. The highest BCUT2D eigenvalue weighted by Crippen LogP contribution is 2.31. The normalized spacial score (nSPS) is 11.3. The lowest BCUT2D eigenvalue weighted by Crippen LogP contribution is -2.30. The number of amides is 1. The Bertz CT molecular complexity index is 989. The third-order valence-electron chi connectivity index (χ3n) is 4.44. The maximum absolute atomic E-state index is 12.4. The van der Waals surface area contributed by atoms with Crippen molar-refractivity contribution >= 4 is 33.6 Å². The van der Waals surface area contributed by atoms with E-state index >= 15 is 0 Å². The van der Waals surface area contributed by atoms with E-state index in [1.165, 1.54) is 0 Å². The predicted molar refractivity (Wildman–Crippen MR) is 107 cm³/mol. The second-order valence-corrected chi connectivity index (χ2v) is 6.92. The second kappa shape index (κ2) is 8.89. The fourth-order valence-corrected chi connectivity index (χ4v) is 3.01. The van der Waals surface area contributed by atoms with Crippen LogP contribution in [0.1, 0.15) is 36.4 Å². The molecule has 6 heteroatoms. The lowest BCUT2D eigenvalue weighted by molar-refractivity contribution is -0.124. The molecule has 28 heavy (non-hydrogen) atoms. The van der Waals surface area contributed by atoms with E-state index < -0.39 is 5.97 Å². The molecule has 6 nitrogen and oxygen atoms in total. The number of aryl methyl sites for hydroxylation is 1. The Morgan fingerprint density at radius 1 is 1.11 bits per heavy atom. The molecule has 0 spiro atoms.